The fourth-order valence-corrected chi connectivity index (χ4v) is 6.75. The Labute approximate surface area is 263 Å². The number of hydrogen-bond donors (Lipinski definition) is 8. The van der Waals surface area contributed by atoms with Crippen LogP contribution in [0.4, 0.5) is 0 Å². The number of hydrogen-bond acceptors (Lipinski definition) is 11. The largest absolute Gasteiger partial charge is 0.508 e. The Balaban J connectivity index is 1.48. The van der Waals surface area contributed by atoms with Gasteiger partial charge in [0, 0.05) is 33.7 Å². The first-order valence-electron chi connectivity index (χ1n) is 14.6. The number of amides is 2. The molecule has 1 fully saturated rings. The second kappa shape index (κ2) is 10.2. The summed E-state index contributed by atoms with van der Waals surface area (Å²) in [6, 6.07) is 14.7. The van der Waals surface area contributed by atoms with Gasteiger partial charge in [-0.3, -0.25) is 9.59 Å². The number of benzene rings is 4. The maximum absolute atomic E-state index is 14.3. The predicted octanol–water partition coefficient (Wildman–Crippen LogP) is 2.15. The van der Waals surface area contributed by atoms with Crippen molar-refractivity contribution in [2.75, 3.05) is 6.61 Å². The average Bonchev–Trinajstić information content (AvgIpc) is 3.66. The molecule has 2 amide bonds. The summed E-state index contributed by atoms with van der Waals surface area (Å²) >= 11 is 0. The minimum absolute atomic E-state index is 0.0200. The Morgan fingerprint density at radius 3 is 2.13 bits per heavy atom. The van der Waals surface area contributed by atoms with Crippen LogP contribution in [-0.2, 0) is 4.74 Å². The molecule has 2 aliphatic rings. The molecule has 0 radical (unpaired) electrons. The molecular formula is C33H26N4O10. The molecule has 0 saturated carbocycles. The predicted molar refractivity (Wildman–Crippen MR) is 167 cm³/mol. The maximum Gasteiger partial charge on any atom is 0.283 e. The number of aliphatic hydroxyl groups excluding tert-OH is 4. The van der Waals surface area contributed by atoms with Gasteiger partial charge in [0.25, 0.3) is 11.8 Å². The summed E-state index contributed by atoms with van der Waals surface area (Å²) in [5, 5.41) is 79.3. The van der Waals surface area contributed by atoms with Gasteiger partial charge in [0.15, 0.2) is 6.23 Å². The third-order valence-corrected chi connectivity index (χ3v) is 8.91. The zero-order chi connectivity index (χ0) is 32.9. The fraction of sp³-hybridized carbons (Fsp3) is 0.182. The number of aromatic hydroxyl groups is 3. The van der Waals surface area contributed by atoms with Crippen LogP contribution in [0, 0.1) is 0 Å². The Morgan fingerprint density at radius 1 is 0.787 bits per heavy atom. The van der Waals surface area contributed by atoms with E-state index < -0.39 is 49.1 Å². The molecule has 4 aromatic carbocycles. The van der Waals surface area contributed by atoms with E-state index in [4.69, 9.17) is 4.74 Å². The number of fused-ring (bicyclic) bond motifs is 10. The molecule has 14 heteroatoms. The molecule has 47 heavy (non-hydrogen) atoms. The van der Waals surface area contributed by atoms with Crippen LogP contribution >= 0.6 is 0 Å². The van der Waals surface area contributed by atoms with Gasteiger partial charge in [0.1, 0.15) is 41.7 Å². The van der Waals surface area contributed by atoms with E-state index in [1.807, 2.05) is 0 Å². The van der Waals surface area contributed by atoms with Crippen molar-refractivity contribution < 1.29 is 50.1 Å². The summed E-state index contributed by atoms with van der Waals surface area (Å²) in [6.07, 6.45) is -6.56. The van der Waals surface area contributed by atoms with Gasteiger partial charge >= 0.3 is 0 Å². The van der Waals surface area contributed by atoms with Crippen LogP contribution in [0.5, 0.6) is 17.2 Å². The average molecular weight is 639 g/mol. The van der Waals surface area contributed by atoms with Crippen molar-refractivity contribution in [3.8, 4) is 17.2 Å². The van der Waals surface area contributed by atoms with Crippen LogP contribution in [0.15, 0.2) is 65.8 Å². The highest BCUT2D eigenvalue weighted by Crippen LogP contribution is 2.48. The number of phenols is 3. The van der Waals surface area contributed by atoms with Gasteiger partial charge in [0.2, 0.25) is 0 Å². The number of aromatic nitrogens is 2. The minimum atomic E-state index is -1.74. The number of hydrazone groups is 1. The lowest BCUT2D eigenvalue weighted by Crippen LogP contribution is -2.56. The topological polar surface area (TPSA) is 221 Å². The number of aliphatic hydroxyl groups is 4. The van der Waals surface area contributed by atoms with Crippen LogP contribution in [0.25, 0.3) is 43.6 Å². The standard InChI is InChI=1S/C33H26N4O10/c38-12-21-28(42)29(43)30(44)33(47-21)36-20-10-16(41)6-8-18(20)23-25-24(22-17-7-5-15(40)9-19(17)35-26(22)27(23)36)31(45)37(32(25)46)34-11-13-1-3-14(39)4-2-13/h1-11,21,28-30,33,35,38-44H,12H2/b34-11+/t21-,28-,29+,30-,33-/m1/s1. The first-order valence-corrected chi connectivity index (χ1v) is 14.6. The molecule has 2 aliphatic heterocycles. The van der Waals surface area contributed by atoms with Gasteiger partial charge in [-0.25, -0.2) is 0 Å². The van der Waals surface area contributed by atoms with Crippen molar-refractivity contribution in [3.63, 3.8) is 0 Å². The fourth-order valence-electron chi connectivity index (χ4n) is 6.75. The summed E-state index contributed by atoms with van der Waals surface area (Å²) in [6.45, 7) is -0.693. The van der Waals surface area contributed by atoms with Crippen molar-refractivity contribution in [3.05, 3.63) is 77.4 Å². The number of nitrogens with zero attached hydrogens (tertiary/aromatic N) is 3. The Hall–Kier alpha value is -5.51. The molecule has 6 aromatic rings. The summed E-state index contributed by atoms with van der Waals surface area (Å²) in [5.41, 5.74) is 1.71. The first kappa shape index (κ1) is 28.9. The van der Waals surface area contributed by atoms with Crippen molar-refractivity contribution in [1.82, 2.24) is 14.6 Å². The number of phenolic OH excluding ortho intramolecular Hbond substituents is 3. The first-order chi connectivity index (χ1) is 22.6. The molecule has 14 nitrogen and oxygen atoms in total. The number of H-pyrrole nitrogens is 1. The van der Waals surface area contributed by atoms with Crippen LogP contribution in [0.1, 0.15) is 32.5 Å². The van der Waals surface area contributed by atoms with Crippen molar-refractivity contribution >= 4 is 61.6 Å². The van der Waals surface area contributed by atoms with Crippen LogP contribution < -0.4 is 0 Å². The molecule has 2 aromatic heterocycles. The third-order valence-electron chi connectivity index (χ3n) is 8.91. The van der Waals surface area contributed by atoms with E-state index in [1.165, 1.54) is 53.2 Å². The normalized spacial score (nSPS) is 23.3. The maximum atomic E-state index is 14.3. The summed E-state index contributed by atoms with van der Waals surface area (Å²) in [4.78, 5) is 31.6. The van der Waals surface area contributed by atoms with Gasteiger partial charge in [-0.15, -0.1) is 0 Å². The molecule has 238 valence electrons. The zero-order valence-corrected chi connectivity index (χ0v) is 24.1. The number of ether oxygens (including phenoxy) is 1. The third kappa shape index (κ3) is 4.06. The molecule has 4 heterocycles. The van der Waals surface area contributed by atoms with E-state index in [0.29, 0.717) is 32.8 Å². The number of imide groups is 1. The monoisotopic (exact) mass is 638 g/mol. The van der Waals surface area contributed by atoms with Gasteiger partial charge in [0.05, 0.1) is 46.0 Å². The highest BCUT2D eigenvalue weighted by molar-refractivity contribution is 6.39. The molecule has 5 atom stereocenters. The van der Waals surface area contributed by atoms with Crippen LogP contribution in [-0.4, -0.2) is 99.4 Å². The van der Waals surface area contributed by atoms with Crippen LogP contribution in [0.3, 0.4) is 0 Å². The molecule has 8 rings (SSSR count). The molecule has 8 N–H and O–H groups in total. The smallest absolute Gasteiger partial charge is 0.283 e. The second-order valence-corrected chi connectivity index (χ2v) is 11.6. The molecule has 1 saturated heterocycles. The van der Waals surface area contributed by atoms with E-state index in [1.54, 1.807) is 18.2 Å². The zero-order valence-electron chi connectivity index (χ0n) is 24.1. The Bertz CT molecular complexity index is 2320. The van der Waals surface area contributed by atoms with E-state index in [9.17, 15) is 45.3 Å². The molecule has 0 aliphatic carbocycles. The number of rotatable bonds is 4. The minimum Gasteiger partial charge on any atom is -0.508 e. The van der Waals surface area contributed by atoms with Crippen molar-refractivity contribution in [1.29, 1.82) is 0 Å². The lowest BCUT2D eigenvalue weighted by atomic mass is 9.96. The van der Waals surface area contributed by atoms with E-state index in [0.717, 1.165) is 5.01 Å². The number of aromatic amines is 1. The van der Waals surface area contributed by atoms with Crippen LogP contribution in [0.2, 0.25) is 0 Å². The summed E-state index contributed by atoms with van der Waals surface area (Å²) in [7, 11) is 0. The van der Waals surface area contributed by atoms with E-state index in [2.05, 4.69) is 10.1 Å². The van der Waals surface area contributed by atoms with E-state index in [-0.39, 0.29) is 44.8 Å². The molecule has 0 bridgehead atoms. The molecular weight excluding hydrogens is 612 g/mol. The lowest BCUT2D eigenvalue weighted by molar-refractivity contribution is -0.249. The van der Waals surface area contributed by atoms with Gasteiger partial charge in [-0.05, 0) is 54.1 Å². The lowest BCUT2D eigenvalue weighted by Gasteiger charge is -2.41. The Morgan fingerprint density at radius 2 is 1.43 bits per heavy atom. The highest BCUT2D eigenvalue weighted by atomic mass is 16.6. The SMILES string of the molecule is O=C1c2c(c3c4ccc(O)cc4n([C@@H]4O[C@H](CO)[C@@H](O)[C@H](O)[C@H]4O)c3c3[nH]c4cc(O)ccc4c23)C(=O)N1/N=C/c1ccc(O)cc1. The number of carbonyl (C=O) groups is 2. The molecule has 0 unspecified atom stereocenters. The van der Waals surface area contributed by atoms with Crippen molar-refractivity contribution in [2.45, 2.75) is 30.6 Å². The summed E-state index contributed by atoms with van der Waals surface area (Å²) in [5.74, 6) is -1.71. The van der Waals surface area contributed by atoms with Gasteiger partial charge < -0.3 is 50.0 Å². The Kier molecular flexibility index (Phi) is 6.31. The molecule has 0 spiro atoms. The van der Waals surface area contributed by atoms with E-state index >= 15 is 0 Å². The van der Waals surface area contributed by atoms with Gasteiger partial charge in [-0.2, -0.15) is 10.1 Å². The van der Waals surface area contributed by atoms with Gasteiger partial charge in [-0.1, -0.05) is 0 Å². The number of nitrogens with one attached hydrogen (secondary N) is 1. The second-order valence-electron chi connectivity index (χ2n) is 11.6. The highest BCUT2D eigenvalue weighted by Gasteiger charge is 2.47. The summed E-state index contributed by atoms with van der Waals surface area (Å²) < 4.78 is 7.42. The quantitative estimate of drug-likeness (QED) is 0.104. The number of carbonyl (C=O) groups excluding carboxylic acids is 2. The van der Waals surface area contributed by atoms with Crippen molar-refractivity contribution in [2.24, 2.45) is 5.10 Å².